The quantitative estimate of drug-likeness (QED) is 0.866. The van der Waals surface area contributed by atoms with Crippen molar-refractivity contribution in [2.45, 2.75) is 25.7 Å². The molecule has 0 spiro atoms. The lowest BCUT2D eigenvalue weighted by atomic mass is 10.2. The minimum Gasteiger partial charge on any atom is -0.394 e. The van der Waals surface area contributed by atoms with Gasteiger partial charge < -0.3 is 14.4 Å². The van der Waals surface area contributed by atoms with E-state index in [0.717, 1.165) is 25.5 Å². The molecule has 1 fully saturated rings. The summed E-state index contributed by atoms with van der Waals surface area (Å²) in [5, 5.41) is 9.80. The van der Waals surface area contributed by atoms with Crippen LogP contribution in [-0.4, -0.2) is 51.5 Å². The molecule has 1 aliphatic heterocycles. The van der Waals surface area contributed by atoms with Gasteiger partial charge in [-0.1, -0.05) is 11.6 Å². The average molecular weight is 260 g/mol. The SMILES string of the molecule is CC1CN(Cc2ncc(Cl)n2C)CC(CO)O1. The third kappa shape index (κ3) is 2.98. The van der Waals surface area contributed by atoms with Crippen LogP contribution in [0.15, 0.2) is 6.20 Å². The number of halogens is 1. The Bertz CT molecular complexity index is 383. The summed E-state index contributed by atoms with van der Waals surface area (Å²) >= 11 is 5.95. The smallest absolute Gasteiger partial charge is 0.128 e. The van der Waals surface area contributed by atoms with E-state index in [2.05, 4.69) is 9.88 Å². The van der Waals surface area contributed by atoms with Crippen molar-refractivity contribution < 1.29 is 9.84 Å². The third-order valence-corrected chi connectivity index (χ3v) is 3.35. The molecule has 96 valence electrons. The number of morpholine rings is 1. The van der Waals surface area contributed by atoms with Crippen LogP contribution in [0.1, 0.15) is 12.7 Å². The summed E-state index contributed by atoms with van der Waals surface area (Å²) < 4.78 is 7.46. The lowest BCUT2D eigenvalue weighted by Gasteiger charge is -2.35. The molecule has 5 nitrogen and oxygen atoms in total. The molecule has 1 aliphatic rings. The van der Waals surface area contributed by atoms with Crippen LogP contribution in [0.4, 0.5) is 0 Å². The monoisotopic (exact) mass is 259 g/mol. The minimum atomic E-state index is -0.102. The Labute approximate surface area is 106 Å². The van der Waals surface area contributed by atoms with Crippen molar-refractivity contribution in [2.24, 2.45) is 7.05 Å². The summed E-state index contributed by atoms with van der Waals surface area (Å²) in [5.41, 5.74) is 0. The van der Waals surface area contributed by atoms with Gasteiger partial charge >= 0.3 is 0 Å². The van der Waals surface area contributed by atoms with Crippen LogP contribution >= 0.6 is 11.6 Å². The number of hydrogen-bond donors (Lipinski definition) is 1. The van der Waals surface area contributed by atoms with E-state index >= 15 is 0 Å². The van der Waals surface area contributed by atoms with Crippen LogP contribution in [0.5, 0.6) is 0 Å². The zero-order valence-electron chi connectivity index (χ0n) is 10.1. The Hall–Kier alpha value is -0.620. The first-order valence-electron chi connectivity index (χ1n) is 5.75. The molecule has 1 aromatic heterocycles. The molecule has 0 aromatic carbocycles. The first-order chi connectivity index (χ1) is 8.10. The molecular formula is C11H18ClN3O2. The molecule has 6 heteroatoms. The molecule has 0 saturated carbocycles. The molecule has 1 N–H and O–H groups in total. The Morgan fingerprint density at radius 1 is 1.59 bits per heavy atom. The van der Waals surface area contributed by atoms with Gasteiger partial charge in [0.2, 0.25) is 0 Å². The molecule has 17 heavy (non-hydrogen) atoms. The van der Waals surface area contributed by atoms with Crippen LogP contribution in [0.2, 0.25) is 5.15 Å². The van der Waals surface area contributed by atoms with Crippen LogP contribution < -0.4 is 0 Å². The van der Waals surface area contributed by atoms with Crippen molar-refractivity contribution in [3.63, 3.8) is 0 Å². The topological polar surface area (TPSA) is 50.5 Å². The van der Waals surface area contributed by atoms with Crippen molar-refractivity contribution in [1.82, 2.24) is 14.5 Å². The van der Waals surface area contributed by atoms with Gasteiger partial charge in [-0.25, -0.2) is 4.98 Å². The van der Waals surface area contributed by atoms with Gasteiger partial charge in [0.1, 0.15) is 11.0 Å². The van der Waals surface area contributed by atoms with E-state index in [1.165, 1.54) is 0 Å². The van der Waals surface area contributed by atoms with Gasteiger partial charge in [-0.05, 0) is 6.92 Å². The number of aromatic nitrogens is 2. The van der Waals surface area contributed by atoms with E-state index in [1.54, 1.807) is 6.20 Å². The maximum absolute atomic E-state index is 9.16. The lowest BCUT2D eigenvalue weighted by molar-refractivity contribution is -0.0978. The number of nitrogens with zero attached hydrogens (tertiary/aromatic N) is 3. The van der Waals surface area contributed by atoms with E-state index in [1.807, 2.05) is 18.5 Å². The Morgan fingerprint density at radius 3 is 2.94 bits per heavy atom. The van der Waals surface area contributed by atoms with Crippen molar-refractivity contribution in [3.8, 4) is 0 Å². The fourth-order valence-corrected chi connectivity index (χ4v) is 2.29. The van der Waals surface area contributed by atoms with Crippen molar-refractivity contribution in [2.75, 3.05) is 19.7 Å². The molecule has 2 heterocycles. The van der Waals surface area contributed by atoms with Crippen LogP contribution in [-0.2, 0) is 18.3 Å². The highest BCUT2D eigenvalue weighted by Gasteiger charge is 2.25. The molecule has 0 amide bonds. The summed E-state index contributed by atoms with van der Waals surface area (Å²) in [6.07, 6.45) is 1.69. The summed E-state index contributed by atoms with van der Waals surface area (Å²) in [4.78, 5) is 6.50. The fourth-order valence-electron chi connectivity index (χ4n) is 2.14. The molecular weight excluding hydrogens is 242 g/mol. The lowest BCUT2D eigenvalue weighted by Crippen LogP contribution is -2.47. The Balaban J connectivity index is 2.01. The summed E-state index contributed by atoms with van der Waals surface area (Å²) in [5.74, 6) is 0.931. The van der Waals surface area contributed by atoms with Gasteiger partial charge in [-0.2, -0.15) is 0 Å². The van der Waals surface area contributed by atoms with Crippen LogP contribution in [0, 0.1) is 0 Å². The zero-order chi connectivity index (χ0) is 12.4. The first kappa shape index (κ1) is 12.8. The molecule has 2 atom stereocenters. The van der Waals surface area contributed by atoms with Crippen molar-refractivity contribution in [1.29, 1.82) is 0 Å². The number of rotatable bonds is 3. The van der Waals surface area contributed by atoms with E-state index in [-0.39, 0.29) is 18.8 Å². The van der Waals surface area contributed by atoms with Crippen molar-refractivity contribution >= 4 is 11.6 Å². The molecule has 2 rings (SSSR count). The standard InChI is InChI=1S/C11H18ClN3O2/c1-8-4-15(5-9(7-16)17-8)6-11-13-3-10(12)14(11)2/h3,8-9,16H,4-7H2,1-2H3. The number of ether oxygens (including phenoxy) is 1. The summed E-state index contributed by atoms with van der Waals surface area (Å²) in [6, 6.07) is 0. The summed E-state index contributed by atoms with van der Waals surface area (Å²) in [6.45, 7) is 4.38. The highest BCUT2D eigenvalue weighted by Crippen LogP contribution is 2.15. The average Bonchev–Trinajstić information content (AvgIpc) is 2.60. The van der Waals surface area contributed by atoms with Crippen LogP contribution in [0.3, 0.4) is 0 Å². The second-order valence-corrected chi connectivity index (χ2v) is 4.89. The number of hydrogen-bond acceptors (Lipinski definition) is 4. The van der Waals surface area contributed by atoms with Crippen molar-refractivity contribution in [3.05, 3.63) is 17.2 Å². The van der Waals surface area contributed by atoms with Gasteiger partial charge in [0.15, 0.2) is 0 Å². The maximum atomic E-state index is 9.16. The Morgan fingerprint density at radius 2 is 2.35 bits per heavy atom. The van der Waals surface area contributed by atoms with E-state index < -0.39 is 0 Å². The van der Waals surface area contributed by atoms with Gasteiger partial charge in [-0.15, -0.1) is 0 Å². The fraction of sp³-hybridized carbons (Fsp3) is 0.727. The molecule has 0 aliphatic carbocycles. The molecule has 1 aromatic rings. The molecule has 0 radical (unpaired) electrons. The number of aliphatic hydroxyl groups excluding tert-OH is 1. The maximum Gasteiger partial charge on any atom is 0.128 e. The van der Waals surface area contributed by atoms with Crippen LogP contribution in [0.25, 0.3) is 0 Å². The van der Waals surface area contributed by atoms with Gasteiger partial charge in [0.25, 0.3) is 0 Å². The second kappa shape index (κ2) is 5.35. The third-order valence-electron chi connectivity index (χ3n) is 3.00. The van der Waals surface area contributed by atoms with E-state index in [9.17, 15) is 0 Å². The zero-order valence-corrected chi connectivity index (χ0v) is 10.9. The predicted octanol–water partition coefficient (Wildman–Crippen LogP) is 0.655. The van der Waals surface area contributed by atoms with Gasteiger partial charge in [0.05, 0.1) is 31.6 Å². The second-order valence-electron chi connectivity index (χ2n) is 4.50. The highest BCUT2D eigenvalue weighted by atomic mass is 35.5. The normalized spacial score (nSPS) is 26.4. The number of aliphatic hydroxyl groups is 1. The molecule has 2 unspecified atom stereocenters. The number of imidazole rings is 1. The van der Waals surface area contributed by atoms with Gasteiger partial charge in [-0.3, -0.25) is 4.90 Å². The highest BCUT2D eigenvalue weighted by molar-refractivity contribution is 6.29. The molecule has 1 saturated heterocycles. The predicted molar refractivity (Wildman–Crippen MR) is 64.9 cm³/mol. The first-order valence-corrected chi connectivity index (χ1v) is 6.12. The molecule has 0 bridgehead atoms. The van der Waals surface area contributed by atoms with E-state index in [4.69, 9.17) is 21.4 Å². The van der Waals surface area contributed by atoms with Gasteiger partial charge in [0, 0.05) is 20.1 Å². The Kier molecular flexibility index (Phi) is 4.04. The summed E-state index contributed by atoms with van der Waals surface area (Å²) in [7, 11) is 1.90. The minimum absolute atomic E-state index is 0.0577. The largest absolute Gasteiger partial charge is 0.394 e. The van der Waals surface area contributed by atoms with E-state index in [0.29, 0.717) is 5.15 Å².